The average Bonchev–Trinajstić information content (AvgIpc) is 2.70. The normalized spacial score (nSPS) is 21.0. The second-order valence-corrected chi connectivity index (χ2v) is 3.53. The van der Waals surface area contributed by atoms with Crippen molar-refractivity contribution in [3.8, 4) is 0 Å². The van der Waals surface area contributed by atoms with E-state index in [2.05, 4.69) is 19.2 Å². The van der Waals surface area contributed by atoms with E-state index in [4.69, 9.17) is 0 Å². The first-order chi connectivity index (χ1) is 4.83. The second-order valence-electron chi connectivity index (χ2n) is 3.53. The van der Waals surface area contributed by atoms with Crippen molar-refractivity contribution in [2.24, 2.45) is 5.41 Å². The van der Waals surface area contributed by atoms with Crippen LogP contribution in [0.5, 0.6) is 0 Å². The van der Waals surface area contributed by atoms with E-state index in [1.54, 1.807) is 0 Å². The highest BCUT2D eigenvalue weighted by Crippen LogP contribution is 2.47. The minimum atomic E-state index is 0.731. The predicted molar refractivity (Wildman–Crippen MR) is 45.1 cm³/mol. The van der Waals surface area contributed by atoms with E-state index >= 15 is 0 Å². The SMILES string of the molecule is CCCNCC1(CC)CC1. The van der Waals surface area contributed by atoms with Gasteiger partial charge in [0.1, 0.15) is 0 Å². The molecule has 1 saturated carbocycles. The molecule has 0 aliphatic heterocycles. The minimum absolute atomic E-state index is 0.731. The molecule has 60 valence electrons. The average molecular weight is 141 g/mol. The lowest BCUT2D eigenvalue weighted by Gasteiger charge is -2.12. The third-order valence-corrected chi connectivity index (χ3v) is 2.63. The Balaban J connectivity index is 2.01. The van der Waals surface area contributed by atoms with Crippen molar-refractivity contribution in [2.75, 3.05) is 13.1 Å². The highest BCUT2D eigenvalue weighted by Gasteiger charge is 2.39. The number of hydrogen-bond acceptors (Lipinski definition) is 1. The van der Waals surface area contributed by atoms with Crippen LogP contribution in [-0.2, 0) is 0 Å². The molecule has 0 heterocycles. The summed E-state index contributed by atoms with van der Waals surface area (Å²) in [6.07, 6.45) is 5.55. The van der Waals surface area contributed by atoms with E-state index in [0.717, 1.165) is 5.41 Å². The molecule has 0 aromatic heterocycles. The first kappa shape index (κ1) is 8.06. The number of nitrogens with one attached hydrogen (secondary N) is 1. The summed E-state index contributed by atoms with van der Waals surface area (Å²) in [5.41, 5.74) is 0.731. The van der Waals surface area contributed by atoms with Crippen LogP contribution in [0.3, 0.4) is 0 Å². The van der Waals surface area contributed by atoms with Gasteiger partial charge < -0.3 is 5.32 Å². The van der Waals surface area contributed by atoms with Crippen molar-refractivity contribution >= 4 is 0 Å². The maximum Gasteiger partial charge on any atom is 0.000771 e. The molecule has 0 aromatic rings. The molecule has 1 aliphatic carbocycles. The summed E-state index contributed by atoms with van der Waals surface area (Å²) in [7, 11) is 0. The summed E-state index contributed by atoms with van der Waals surface area (Å²) in [5, 5.41) is 3.49. The van der Waals surface area contributed by atoms with Crippen LogP contribution < -0.4 is 5.32 Å². The Hall–Kier alpha value is -0.0400. The van der Waals surface area contributed by atoms with E-state index in [1.807, 2.05) is 0 Å². The van der Waals surface area contributed by atoms with Crippen LogP contribution in [0.15, 0.2) is 0 Å². The van der Waals surface area contributed by atoms with Gasteiger partial charge in [-0.05, 0) is 37.6 Å². The van der Waals surface area contributed by atoms with Gasteiger partial charge in [-0.2, -0.15) is 0 Å². The zero-order chi connectivity index (χ0) is 7.45. The zero-order valence-electron chi connectivity index (χ0n) is 7.24. The van der Waals surface area contributed by atoms with Crippen LogP contribution >= 0.6 is 0 Å². The molecule has 1 fully saturated rings. The largest absolute Gasteiger partial charge is 0.316 e. The fourth-order valence-electron chi connectivity index (χ4n) is 1.36. The van der Waals surface area contributed by atoms with Crippen molar-refractivity contribution in [3.05, 3.63) is 0 Å². The molecule has 1 N–H and O–H groups in total. The lowest BCUT2D eigenvalue weighted by Crippen LogP contribution is -2.23. The Morgan fingerprint density at radius 1 is 1.30 bits per heavy atom. The van der Waals surface area contributed by atoms with E-state index in [9.17, 15) is 0 Å². The first-order valence-corrected chi connectivity index (χ1v) is 4.54. The van der Waals surface area contributed by atoms with Crippen LogP contribution in [0, 0.1) is 5.41 Å². The summed E-state index contributed by atoms with van der Waals surface area (Å²) in [6.45, 7) is 6.98. The minimum Gasteiger partial charge on any atom is -0.316 e. The van der Waals surface area contributed by atoms with Crippen LogP contribution in [0.4, 0.5) is 0 Å². The molecule has 1 rings (SSSR count). The summed E-state index contributed by atoms with van der Waals surface area (Å²) in [6, 6.07) is 0. The molecule has 1 nitrogen and oxygen atoms in total. The van der Waals surface area contributed by atoms with Crippen LogP contribution in [0.1, 0.15) is 39.5 Å². The van der Waals surface area contributed by atoms with Crippen molar-refractivity contribution in [1.82, 2.24) is 5.32 Å². The smallest absolute Gasteiger partial charge is 0.000771 e. The van der Waals surface area contributed by atoms with Gasteiger partial charge in [0.15, 0.2) is 0 Å². The van der Waals surface area contributed by atoms with E-state index < -0.39 is 0 Å². The first-order valence-electron chi connectivity index (χ1n) is 4.54. The van der Waals surface area contributed by atoms with E-state index in [-0.39, 0.29) is 0 Å². The molecule has 0 unspecified atom stereocenters. The number of hydrogen-bond donors (Lipinski definition) is 1. The maximum atomic E-state index is 3.49. The molecular formula is C9H19N. The topological polar surface area (TPSA) is 12.0 Å². The second kappa shape index (κ2) is 3.38. The predicted octanol–water partition coefficient (Wildman–Crippen LogP) is 2.18. The molecule has 0 spiro atoms. The lowest BCUT2D eigenvalue weighted by molar-refractivity contribution is 0.444. The zero-order valence-corrected chi connectivity index (χ0v) is 7.24. The van der Waals surface area contributed by atoms with Gasteiger partial charge in [-0.3, -0.25) is 0 Å². The highest BCUT2D eigenvalue weighted by atomic mass is 14.9. The van der Waals surface area contributed by atoms with Crippen LogP contribution in [0.25, 0.3) is 0 Å². The molecule has 10 heavy (non-hydrogen) atoms. The molecule has 0 aromatic carbocycles. The standard InChI is InChI=1S/C9H19N/c1-3-7-10-8-9(4-2)5-6-9/h10H,3-8H2,1-2H3. The van der Waals surface area contributed by atoms with Gasteiger partial charge in [-0.1, -0.05) is 13.8 Å². The number of rotatable bonds is 5. The molecular weight excluding hydrogens is 122 g/mol. The van der Waals surface area contributed by atoms with Crippen LogP contribution in [0.2, 0.25) is 0 Å². The van der Waals surface area contributed by atoms with Gasteiger partial charge >= 0.3 is 0 Å². The third-order valence-electron chi connectivity index (χ3n) is 2.63. The van der Waals surface area contributed by atoms with E-state index in [0.29, 0.717) is 0 Å². The van der Waals surface area contributed by atoms with Gasteiger partial charge in [0, 0.05) is 6.54 Å². The Morgan fingerprint density at radius 2 is 2.00 bits per heavy atom. The van der Waals surface area contributed by atoms with Gasteiger partial charge in [0.25, 0.3) is 0 Å². The summed E-state index contributed by atoms with van der Waals surface area (Å²) in [4.78, 5) is 0. The molecule has 1 aliphatic rings. The summed E-state index contributed by atoms with van der Waals surface area (Å²) < 4.78 is 0. The monoisotopic (exact) mass is 141 g/mol. The molecule has 0 saturated heterocycles. The van der Waals surface area contributed by atoms with Gasteiger partial charge in [0.05, 0.1) is 0 Å². The Bertz CT molecular complexity index is 94.9. The molecule has 0 atom stereocenters. The third kappa shape index (κ3) is 1.98. The van der Waals surface area contributed by atoms with E-state index in [1.165, 1.54) is 38.8 Å². The molecule has 0 bridgehead atoms. The fourth-order valence-corrected chi connectivity index (χ4v) is 1.36. The molecule has 1 heteroatoms. The summed E-state index contributed by atoms with van der Waals surface area (Å²) >= 11 is 0. The van der Waals surface area contributed by atoms with Gasteiger partial charge in [-0.25, -0.2) is 0 Å². The molecule has 0 amide bonds. The van der Waals surface area contributed by atoms with Crippen molar-refractivity contribution < 1.29 is 0 Å². The van der Waals surface area contributed by atoms with Gasteiger partial charge in [0.2, 0.25) is 0 Å². The van der Waals surface area contributed by atoms with Crippen molar-refractivity contribution in [1.29, 1.82) is 0 Å². The Morgan fingerprint density at radius 3 is 2.40 bits per heavy atom. The molecule has 0 radical (unpaired) electrons. The Labute approximate surface area is 64.2 Å². The lowest BCUT2D eigenvalue weighted by atomic mass is 10.0. The van der Waals surface area contributed by atoms with Gasteiger partial charge in [-0.15, -0.1) is 0 Å². The maximum absolute atomic E-state index is 3.49. The fraction of sp³-hybridized carbons (Fsp3) is 1.00. The van der Waals surface area contributed by atoms with Crippen molar-refractivity contribution in [2.45, 2.75) is 39.5 Å². The van der Waals surface area contributed by atoms with Crippen LogP contribution in [-0.4, -0.2) is 13.1 Å². The Kier molecular flexibility index (Phi) is 2.72. The summed E-state index contributed by atoms with van der Waals surface area (Å²) in [5.74, 6) is 0. The van der Waals surface area contributed by atoms with Crippen molar-refractivity contribution in [3.63, 3.8) is 0 Å². The highest BCUT2D eigenvalue weighted by molar-refractivity contribution is 4.93. The quantitative estimate of drug-likeness (QED) is 0.579.